The first-order valence-electron chi connectivity index (χ1n) is 9.95. The van der Waals surface area contributed by atoms with Gasteiger partial charge in [-0.05, 0) is 12.8 Å². The van der Waals surface area contributed by atoms with E-state index in [9.17, 15) is 19.8 Å². The quantitative estimate of drug-likeness (QED) is 0.181. The monoisotopic (exact) mass is 457 g/mol. The number of carboxylic acids is 2. The van der Waals surface area contributed by atoms with E-state index in [4.69, 9.17) is 4.84 Å². The van der Waals surface area contributed by atoms with Crippen molar-refractivity contribution >= 4 is 115 Å². The topological polar surface area (TPSA) is 87.1 Å². The van der Waals surface area contributed by atoms with Crippen molar-refractivity contribution in [3.63, 3.8) is 0 Å². The van der Waals surface area contributed by atoms with Gasteiger partial charge in [-0.2, -0.15) is 5.06 Å². The molecule has 8 heteroatoms. The van der Waals surface area contributed by atoms with Crippen LogP contribution in [0.25, 0.3) is 0 Å². The first kappa shape index (κ1) is 32.5. The molecule has 0 aliphatic heterocycles. The molecule has 0 aliphatic carbocycles. The van der Waals surface area contributed by atoms with Crippen molar-refractivity contribution in [1.82, 2.24) is 5.06 Å². The smallest absolute Gasteiger partial charge is 0.354 e. The van der Waals surface area contributed by atoms with Gasteiger partial charge in [0.15, 0.2) is 0 Å². The van der Waals surface area contributed by atoms with Crippen molar-refractivity contribution in [1.29, 1.82) is 0 Å². The standard InChI is InChI=1S/C21H33NO5.2K/c1-3-5-7-12-16-22(17-13-8-6-4-2)27-21(19(23)24,20(25)26)18-14-10-9-11-15-18;;/h9-11,14-15H,3-8,12-13,16-17H2,1-2H3,(H,23,24)(H,25,26);;. The first-order valence-corrected chi connectivity index (χ1v) is 9.95. The summed E-state index contributed by atoms with van der Waals surface area (Å²) in [4.78, 5) is 29.8. The molecule has 0 saturated heterocycles. The summed E-state index contributed by atoms with van der Waals surface area (Å²) in [5, 5.41) is 21.1. The molecule has 29 heavy (non-hydrogen) atoms. The number of hydrogen-bond donors (Lipinski definition) is 2. The third-order valence-corrected chi connectivity index (χ3v) is 4.57. The van der Waals surface area contributed by atoms with Crippen molar-refractivity contribution in [3.8, 4) is 0 Å². The number of hydroxylamine groups is 2. The van der Waals surface area contributed by atoms with Crippen molar-refractivity contribution in [2.75, 3.05) is 13.1 Å². The third-order valence-electron chi connectivity index (χ3n) is 4.57. The minimum absolute atomic E-state index is 0. The summed E-state index contributed by atoms with van der Waals surface area (Å²) in [5.41, 5.74) is -2.33. The number of nitrogens with zero attached hydrogens (tertiary/aromatic N) is 1. The van der Waals surface area contributed by atoms with Gasteiger partial charge in [-0.25, -0.2) is 9.59 Å². The second-order valence-electron chi connectivity index (χ2n) is 6.80. The molecule has 0 unspecified atom stereocenters. The normalized spacial score (nSPS) is 10.9. The molecule has 1 aromatic rings. The summed E-state index contributed by atoms with van der Waals surface area (Å²) in [6.07, 6.45) is 8.05. The van der Waals surface area contributed by atoms with Gasteiger partial charge in [0, 0.05) is 121 Å². The van der Waals surface area contributed by atoms with E-state index in [0.29, 0.717) is 13.1 Å². The van der Waals surface area contributed by atoms with E-state index in [1.165, 1.54) is 12.1 Å². The first-order chi connectivity index (χ1) is 13.0. The Balaban J connectivity index is 0. The van der Waals surface area contributed by atoms with Gasteiger partial charge in [0.25, 0.3) is 0 Å². The second kappa shape index (κ2) is 18.9. The van der Waals surface area contributed by atoms with Crippen LogP contribution in [0.1, 0.15) is 70.8 Å². The van der Waals surface area contributed by atoms with Crippen molar-refractivity contribution in [3.05, 3.63) is 35.9 Å². The van der Waals surface area contributed by atoms with Crippen LogP contribution in [0.4, 0.5) is 0 Å². The van der Waals surface area contributed by atoms with Crippen molar-refractivity contribution in [2.24, 2.45) is 0 Å². The van der Waals surface area contributed by atoms with Gasteiger partial charge in [-0.15, -0.1) is 0 Å². The van der Waals surface area contributed by atoms with Gasteiger partial charge < -0.3 is 10.2 Å². The summed E-state index contributed by atoms with van der Waals surface area (Å²) >= 11 is 0. The predicted octanol–water partition coefficient (Wildman–Crippen LogP) is 3.68. The van der Waals surface area contributed by atoms with E-state index < -0.39 is 17.5 Å². The number of rotatable bonds is 15. The van der Waals surface area contributed by atoms with Crippen LogP contribution in [0.5, 0.6) is 0 Å². The maximum absolute atomic E-state index is 12.0. The van der Waals surface area contributed by atoms with Crippen LogP contribution in [0, 0.1) is 0 Å². The average molecular weight is 458 g/mol. The average Bonchev–Trinajstić information content (AvgIpc) is 2.66. The van der Waals surface area contributed by atoms with Crippen LogP contribution in [-0.4, -0.2) is 143 Å². The number of carboxylic acid groups (broad SMARTS) is 2. The Morgan fingerprint density at radius 1 is 0.828 bits per heavy atom. The summed E-state index contributed by atoms with van der Waals surface area (Å²) in [6.45, 7) is 5.27. The molecule has 0 aromatic heterocycles. The second-order valence-corrected chi connectivity index (χ2v) is 6.80. The van der Waals surface area contributed by atoms with E-state index in [1.807, 2.05) is 0 Å². The predicted molar refractivity (Wildman–Crippen MR) is 116 cm³/mol. The molecule has 6 nitrogen and oxygen atoms in total. The Kier molecular flexibility index (Phi) is 21.2. The summed E-state index contributed by atoms with van der Waals surface area (Å²) in [7, 11) is 0. The Bertz CT molecular complexity index is 545. The molecule has 1 rings (SSSR count). The Morgan fingerprint density at radius 3 is 1.66 bits per heavy atom. The molecule has 154 valence electrons. The van der Waals surface area contributed by atoms with Crippen LogP contribution in [0.15, 0.2) is 30.3 Å². The Hall–Kier alpha value is 1.35. The van der Waals surface area contributed by atoms with Crippen LogP contribution >= 0.6 is 0 Å². The minimum atomic E-state index is -2.43. The van der Waals surface area contributed by atoms with Gasteiger partial charge in [0.05, 0.1) is 0 Å². The van der Waals surface area contributed by atoms with E-state index in [-0.39, 0.29) is 108 Å². The maximum Gasteiger partial charge on any atom is 0.354 e. The third kappa shape index (κ3) is 11.2. The molecule has 0 bridgehead atoms. The summed E-state index contributed by atoms with van der Waals surface area (Å²) in [6, 6.07) is 7.91. The summed E-state index contributed by atoms with van der Waals surface area (Å²) in [5.74, 6) is -3.04. The van der Waals surface area contributed by atoms with Gasteiger partial charge in [0.2, 0.25) is 0 Å². The van der Waals surface area contributed by atoms with Gasteiger partial charge in [-0.3, -0.25) is 4.84 Å². The molecule has 0 saturated carbocycles. The van der Waals surface area contributed by atoms with Gasteiger partial charge in [0.1, 0.15) is 0 Å². The molecule has 2 radical (unpaired) electrons. The Morgan fingerprint density at radius 2 is 1.28 bits per heavy atom. The van der Waals surface area contributed by atoms with Crippen LogP contribution in [0.2, 0.25) is 0 Å². The van der Waals surface area contributed by atoms with Crippen molar-refractivity contribution in [2.45, 2.75) is 70.8 Å². The molecular formula is C21H33K2NO5. The largest absolute Gasteiger partial charge is 0.478 e. The maximum atomic E-state index is 12.0. The van der Waals surface area contributed by atoms with E-state index in [1.54, 1.807) is 23.3 Å². The molecule has 0 spiro atoms. The zero-order chi connectivity index (χ0) is 20.1. The molecular weight excluding hydrogens is 424 g/mol. The van der Waals surface area contributed by atoms with Crippen LogP contribution in [0.3, 0.4) is 0 Å². The number of aliphatic carboxylic acids is 2. The molecule has 0 fully saturated rings. The molecule has 0 atom stereocenters. The fraction of sp³-hybridized carbons (Fsp3) is 0.619. The molecule has 0 aliphatic rings. The molecule has 0 amide bonds. The number of carbonyl (C=O) groups is 2. The van der Waals surface area contributed by atoms with Crippen LogP contribution in [-0.2, 0) is 20.0 Å². The van der Waals surface area contributed by atoms with Crippen molar-refractivity contribution < 1.29 is 24.6 Å². The fourth-order valence-electron chi connectivity index (χ4n) is 2.97. The zero-order valence-corrected chi connectivity index (χ0v) is 24.8. The van der Waals surface area contributed by atoms with E-state index in [0.717, 1.165) is 51.4 Å². The fourth-order valence-corrected chi connectivity index (χ4v) is 2.97. The van der Waals surface area contributed by atoms with Gasteiger partial charge in [-0.1, -0.05) is 82.7 Å². The summed E-state index contributed by atoms with van der Waals surface area (Å²) < 4.78 is 0. The van der Waals surface area contributed by atoms with E-state index in [2.05, 4.69) is 13.8 Å². The number of hydrogen-bond acceptors (Lipinski definition) is 4. The number of unbranched alkanes of at least 4 members (excludes halogenated alkanes) is 6. The van der Waals surface area contributed by atoms with Crippen LogP contribution < -0.4 is 0 Å². The SMILES string of the molecule is CCCCCCN(CCCCCC)OC(C(=O)O)(C(=O)O)c1ccccc1.[K].[K]. The van der Waals surface area contributed by atoms with E-state index >= 15 is 0 Å². The number of benzene rings is 1. The Labute approximate surface area is 259 Å². The zero-order valence-electron chi connectivity index (χ0n) is 18.5. The minimum Gasteiger partial charge on any atom is -0.478 e. The molecule has 0 heterocycles. The van der Waals surface area contributed by atoms with Gasteiger partial charge >= 0.3 is 17.5 Å². The molecule has 1 aromatic carbocycles. The molecule has 2 N–H and O–H groups in total.